The lowest BCUT2D eigenvalue weighted by Gasteiger charge is -2.03. The molecule has 0 bridgehead atoms. The van der Waals surface area contributed by atoms with Crippen molar-refractivity contribution in [3.05, 3.63) is 36.7 Å². The molecule has 2 aromatic rings. The van der Waals surface area contributed by atoms with Crippen molar-refractivity contribution in [1.29, 1.82) is 0 Å². The molecule has 0 spiro atoms. The van der Waals surface area contributed by atoms with Crippen LogP contribution in [0.4, 0.5) is 5.95 Å². The Labute approximate surface area is 81.6 Å². The number of nitrogens with zero attached hydrogens (tertiary/aromatic N) is 4. The average Bonchev–Trinajstić information content (AvgIpc) is 2.63. The van der Waals surface area contributed by atoms with E-state index in [0.717, 1.165) is 18.5 Å². The Morgan fingerprint density at radius 1 is 1.29 bits per heavy atom. The monoisotopic (exact) mass is 189 g/mol. The van der Waals surface area contributed by atoms with Gasteiger partial charge in [-0.2, -0.15) is 0 Å². The molecule has 0 atom stereocenters. The Balaban J connectivity index is 1.99. The molecule has 2 N–H and O–H groups in total. The summed E-state index contributed by atoms with van der Waals surface area (Å²) in [6, 6.07) is 0. The fourth-order valence-corrected chi connectivity index (χ4v) is 1.24. The summed E-state index contributed by atoms with van der Waals surface area (Å²) < 4.78 is 1.90. The quantitative estimate of drug-likeness (QED) is 0.763. The normalized spacial score (nSPS) is 10.3. The Morgan fingerprint density at radius 2 is 2.07 bits per heavy atom. The first-order valence-corrected chi connectivity index (χ1v) is 4.37. The van der Waals surface area contributed by atoms with Crippen molar-refractivity contribution < 1.29 is 0 Å². The van der Waals surface area contributed by atoms with Crippen LogP contribution in [0, 0.1) is 0 Å². The van der Waals surface area contributed by atoms with E-state index >= 15 is 0 Å². The Morgan fingerprint density at radius 3 is 2.71 bits per heavy atom. The molecule has 0 aliphatic heterocycles. The van der Waals surface area contributed by atoms with Crippen LogP contribution in [0.15, 0.2) is 31.1 Å². The predicted molar refractivity (Wildman–Crippen MR) is 52.4 cm³/mol. The van der Waals surface area contributed by atoms with Crippen molar-refractivity contribution >= 4 is 5.95 Å². The predicted octanol–water partition coefficient (Wildman–Crippen LogP) is 0.498. The van der Waals surface area contributed by atoms with Crippen molar-refractivity contribution in [2.45, 2.75) is 13.0 Å². The molecule has 2 aromatic heterocycles. The zero-order chi connectivity index (χ0) is 9.80. The van der Waals surface area contributed by atoms with Gasteiger partial charge in [0.2, 0.25) is 0 Å². The Kier molecular flexibility index (Phi) is 2.40. The summed E-state index contributed by atoms with van der Waals surface area (Å²) in [5.41, 5.74) is 6.72. The van der Waals surface area contributed by atoms with Gasteiger partial charge in [-0.1, -0.05) is 0 Å². The molecule has 0 radical (unpaired) electrons. The summed E-state index contributed by atoms with van der Waals surface area (Å²) in [4.78, 5) is 11.8. The molecule has 0 unspecified atom stereocenters. The third-order valence-corrected chi connectivity index (χ3v) is 2.00. The average molecular weight is 189 g/mol. The maximum Gasteiger partial charge on any atom is 0.200 e. The van der Waals surface area contributed by atoms with E-state index in [1.54, 1.807) is 18.6 Å². The van der Waals surface area contributed by atoms with Gasteiger partial charge in [0.15, 0.2) is 5.95 Å². The van der Waals surface area contributed by atoms with Crippen molar-refractivity contribution in [2.24, 2.45) is 0 Å². The number of nitrogens with two attached hydrogens (primary N) is 1. The van der Waals surface area contributed by atoms with Gasteiger partial charge in [-0.25, -0.2) is 15.0 Å². The summed E-state index contributed by atoms with van der Waals surface area (Å²) in [6.07, 6.45) is 9.55. The molecule has 0 amide bonds. The molecular weight excluding hydrogens is 178 g/mol. The van der Waals surface area contributed by atoms with Gasteiger partial charge in [-0.15, -0.1) is 0 Å². The Bertz CT molecular complexity index is 395. The molecule has 0 aliphatic carbocycles. The molecule has 0 aromatic carbocycles. The molecule has 14 heavy (non-hydrogen) atoms. The number of aromatic nitrogens is 4. The van der Waals surface area contributed by atoms with Gasteiger partial charge in [0, 0.05) is 31.3 Å². The topological polar surface area (TPSA) is 69.6 Å². The molecule has 5 nitrogen and oxygen atoms in total. The second-order valence-corrected chi connectivity index (χ2v) is 2.98. The minimum atomic E-state index is 0.543. The minimum Gasteiger partial charge on any atom is -0.369 e. The van der Waals surface area contributed by atoms with Crippen molar-refractivity contribution in [3.8, 4) is 0 Å². The fourth-order valence-electron chi connectivity index (χ4n) is 1.24. The molecule has 2 heterocycles. The van der Waals surface area contributed by atoms with Gasteiger partial charge in [-0.05, 0) is 12.0 Å². The van der Waals surface area contributed by atoms with Gasteiger partial charge >= 0.3 is 0 Å². The number of hydrogen-bond donors (Lipinski definition) is 1. The smallest absolute Gasteiger partial charge is 0.200 e. The van der Waals surface area contributed by atoms with Crippen LogP contribution in [0.5, 0.6) is 0 Å². The van der Waals surface area contributed by atoms with Crippen LogP contribution in [0.25, 0.3) is 0 Å². The van der Waals surface area contributed by atoms with Gasteiger partial charge in [0.25, 0.3) is 0 Å². The number of anilines is 1. The number of imidazole rings is 1. The van der Waals surface area contributed by atoms with E-state index in [1.807, 2.05) is 10.8 Å². The largest absolute Gasteiger partial charge is 0.369 e. The second-order valence-electron chi connectivity index (χ2n) is 2.98. The van der Waals surface area contributed by atoms with Crippen LogP contribution >= 0.6 is 0 Å². The summed E-state index contributed by atoms with van der Waals surface area (Å²) in [7, 11) is 0. The van der Waals surface area contributed by atoms with Gasteiger partial charge < -0.3 is 10.3 Å². The van der Waals surface area contributed by atoms with E-state index in [-0.39, 0.29) is 0 Å². The standard InChI is InChI=1S/C9H11N5/c10-9-13-2-4-14(9)3-1-8-5-11-7-12-6-8/h2,4-7H,1,3H2,(H2,10,13). The van der Waals surface area contributed by atoms with Crippen LogP contribution in [0.1, 0.15) is 5.56 Å². The number of hydrogen-bond acceptors (Lipinski definition) is 4. The lowest BCUT2D eigenvalue weighted by atomic mass is 10.2. The molecular formula is C9H11N5. The molecule has 0 aliphatic rings. The van der Waals surface area contributed by atoms with Crippen molar-refractivity contribution in [1.82, 2.24) is 19.5 Å². The number of rotatable bonds is 3. The third-order valence-electron chi connectivity index (χ3n) is 2.00. The van der Waals surface area contributed by atoms with Crippen LogP contribution < -0.4 is 5.73 Å². The van der Waals surface area contributed by atoms with Crippen LogP contribution in [0.2, 0.25) is 0 Å². The zero-order valence-corrected chi connectivity index (χ0v) is 7.67. The molecule has 0 saturated heterocycles. The maximum atomic E-state index is 5.63. The SMILES string of the molecule is Nc1nccn1CCc1cncnc1. The van der Waals surface area contributed by atoms with Gasteiger partial charge in [0.05, 0.1) is 0 Å². The summed E-state index contributed by atoms with van der Waals surface area (Å²) >= 11 is 0. The first-order chi connectivity index (χ1) is 6.86. The molecule has 0 fully saturated rings. The summed E-state index contributed by atoms with van der Waals surface area (Å²) in [6.45, 7) is 0.805. The number of aryl methyl sites for hydroxylation is 2. The lowest BCUT2D eigenvalue weighted by Crippen LogP contribution is -2.05. The van der Waals surface area contributed by atoms with E-state index in [1.165, 1.54) is 6.33 Å². The minimum absolute atomic E-state index is 0.543. The Hall–Kier alpha value is -1.91. The molecule has 72 valence electrons. The first-order valence-electron chi connectivity index (χ1n) is 4.37. The van der Waals surface area contributed by atoms with Crippen LogP contribution in [-0.4, -0.2) is 19.5 Å². The van der Waals surface area contributed by atoms with Gasteiger partial charge in [-0.3, -0.25) is 0 Å². The zero-order valence-electron chi connectivity index (χ0n) is 7.67. The van der Waals surface area contributed by atoms with E-state index in [0.29, 0.717) is 5.95 Å². The fraction of sp³-hybridized carbons (Fsp3) is 0.222. The highest BCUT2D eigenvalue weighted by Gasteiger charge is 1.98. The first kappa shape index (κ1) is 8.68. The molecule has 2 rings (SSSR count). The van der Waals surface area contributed by atoms with E-state index in [9.17, 15) is 0 Å². The maximum absolute atomic E-state index is 5.63. The number of nitrogen functional groups attached to an aromatic ring is 1. The highest BCUT2D eigenvalue weighted by Crippen LogP contribution is 2.02. The van der Waals surface area contributed by atoms with E-state index in [2.05, 4.69) is 15.0 Å². The highest BCUT2D eigenvalue weighted by molar-refractivity contribution is 5.17. The molecule has 5 heteroatoms. The third kappa shape index (κ3) is 1.87. The van der Waals surface area contributed by atoms with E-state index < -0.39 is 0 Å². The van der Waals surface area contributed by atoms with E-state index in [4.69, 9.17) is 5.73 Å². The van der Waals surface area contributed by atoms with Gasteiger partial charge in [0.1, 0.15) is 6.33 Å². The van der Waals surface area contributed by atoms with Crippen molar-refractivity contribution in [3.63, 3.8) is 0 Å². The highest BCUT2D eigenvalue weighted by atomic mass is 15.1. The second kappa shape index (κ2) is 3.87. The van der Waals surface area contributed by atoms with Crippen LogP contribution in [-0.2, 0) is 13.0 Å². The van der Waals surface area contributed by atoms with Crippen LogP contribution in [0.3, 0.4) is 0 Å². The van der Waals surface area contributed by atoms with Crippen molar-refractivity contribution in [2.75, 3.05) is 5.73 Å². The summed E-state index contributed by atoms with van der Waals surface area (Å²) in [5.74, 6) is 0.543. The lowest BCUT2D eigenvalue weighted by molar-refractivity contribution is 0.702. The molecule has 0 saturated carbocycles. The summed E-state index contributed by atoms with van der Waals surface area (Å²) in [5, 5.41) is 0.